The molecule has 0 saturated carbocycles. The van der Waals surface area contributed by atoms with Crippen molar-refractivity contribution in [3.8, 4) is 0 Å². The van der Waals surface area contributed by atoms with Crippen LogP contribution in [0.1, 0.15) is 81.6 Å². The highest BCUT2D eigenvalue weighted by Crippen LogP contribution is 2.13. The van der Waals surface area contributed by atoms with Crippen LogP contribution in [0.5, 0.6) is 0 Å². The smallest absolute Gasteiger partial charge is 0.414 e. The van der Waals surface area contributed by atoms with Crippen molar-refractivity contribution in [1.29, 1.82) is 0 Å². The zero-order valence-corrected chi connectivity index (χ0v) is 21.7. The lowest BCUT2D eigenvalue weighted by Crippen LogP contribution is -2.47. The van der Waals surface area contributed by atoms with Crippen molar-refractivity contribution < 1.29 is 28.6 Å². The molecule has 190 valence electrons. The average molecular weight is 471 g/mol. The van der Waals surface area contributed by atoms with Gasteiger partial charge in [-0.3, -0.25) is 10.3 Å². The zero-order chi connectivity index (χ0) is 25.4. The van der Waals surface area contributed by atoms with E-state index in [2.05, 4.69) is 15.6 Å². The van der Waals surface area contributed by atoms with Gasteiger partial charge >= 0.3 is 18.2 Å². The van der Waals surface area contributed by atoms with E-state index in [0.717, 1.165) is 25.9 Å². The van der Waals surface area contributed by atoms with Crippen LogP contribution in [0.25, 0.3) is 0 Å². The van der Waals surface area contributed by atoms with Crippen molar-refractivity contribution in [3.05, 3.63) is 0 Å². The maximum atomic E-state index is 12.7. The minimum absolute atomic E-state index is 0.168. The minimum atomic E-state index is -0.954. The summed E-state index contributed by atoms with van der Waals surface area (Å²) in [7, 11) is 0. The van der Waals surface area contributed by atoms with E-state index in [4.69, 9.17) is 14.2 Å². The van der Waals surface area contributed by atoms with Crippen molar-refractivity contribution >= 4 is 24.1 Å². The number of likely N-dealkylation sites (tertiary alicyclic amines) is 1. The first-order chi connectivity index (χ1) is 15.0. The van der Waals surface area contributed by atoms with Gasteiger partial charge in [0.2, 0.25) is 5.96 Å². The second kappa shape index (κ2) is 11.6. The Kier molecular flexibility index (Phi) is 9.99. The molecule has 1 atom stereocenters. The molecule has 0 radical (unpaired) electrons. The summed E-state index contributed by atoms with van der Waals surface area (Å²) < 4.78 is 16.1. The lowest BCUT2D eigenvalue weighted by Gasteiger charge is -2.26. The van der Waals surface area contributed by atoms with Crippen molar-refractivity contribution in [3.63, 3.8) is 0 Å². The summed E-state index contributed by atoms with van der Waals surface area (Å²) >= 11 is 0. The third-order valence-electron chi connectivity index (χ3n) is 4.08. The molecule has 0 spiro atoms. The average Bonchev–Trinajstić information content (AvgIpc) is 3.09. The third-order valence-corrected chi connectivity index (χ3v) is 4.08. The van der Waals surface area contributed by atoms with Gasteiger partial charge < -0.3 is 24.4 Å². The van der Waals surface area contributed by atoms with E-state index in [1.165, 1.54) is 0 Å². The van der Waals surface area contributed by atoms with Crippen LogP contribution in [-0.2, 0) is 19.0 Å². The Bertz CT molecular complexity index is 710. The molecule has 1 aliphatic heterocycles. The van der Waals surface area contributed by atoms with E-state index in [9.17, 15) is 14.4 Å². The molecule has 1 heterocycles. The van der Waals surface area contributed by atoms with Crippen LogP contribution in [0.15, 0.2) is 4.99 Å². The Hall–Kier alpha value is -2.52. The number of amides is 2. The number of hydrogen-bond donors (Lipinski definition) is 2. The molecule has 0 unspecified atom stereocenters. The predicted octanol–water partition coefficient (Wildman–Crippen LogP) is 3.59. The van der Waals surface area contributed by atoms with Crippen LogP contribution >= 0.6 is 0 Å². The summed E-state index contributed by atoms with van der Waals surface area (Å²) in [5, 5.41) is 5.30. The van der Waals surface area contributed by atoms with E-state index in [1.807, 2.05) is 4.90 Å². The van der Waals surface area contributed by atoms with E-state index in [0.29, 0.717) is 5.96 Å². The number of alkyl carbamates (subject to hydrolysis) is 2. The molecule has 0 aromatic rings. The first-order valence-electron chi connectivity index (χ1n) is 11.5. The molecule has 2 N–H and O–H groups in total. The molecule has 1 rings (SSSR count). The minimum Gasteiger partial charge on any atom is -0.458 e. The number of esters is 1. The first kappa shape index (κ1) is 28.5. The normalized spacial score (nSPS) is 16.2. The highest BCUT2D eigenvalue weighted by molar-refractivity contribution is 5.94. The first-order valence-corrected chi connectivity index (χ1v) is 11.5. The fraction of sp³-hybridized carbons (Fsp3) is 0.826. The van der Waals surface area contributed by atoms with Crippen LogP contribution < -0.4 is 10.6 Å². The quantitative estimate of drug-likeness (QED) is 0.273. The fourth-order valence-electron chi connectivity index (χ4n) is 2.91. The number of hydrogen-bond acceptors (Lipinski definition) is 7. The lowest BCUT2D eigenvalue weighted by atomic mass is 10.1. The molecule has 0 aromatic heterocycles. The second-order valence-electron chi connectivity index (χ2n) is 11.0. The number of aliphatic imine (C=N–C) groups is 1. The van der Waals surface area contributed by atoms with Crippen molar-refractivity contribution in [2.24, 2.45) is 4.99 Å². The number of carbonyl (C=O) groups is 3. The Morgan fingerprint density at radius 2 is 1.30 bits per heavy atom. The summed E-state index contributed by atoms with van der Waals surface area (Å²) in [6.45, 7) is 17.5. The largest absolute Gasteiger partial charge is 0.458 e. The molecule has 10 heteroatoms. The van der Waals surface area contributed by atoms with Gasteiger partial charge in [0.25, 0.3) is 0 Å². The Morgan fingerprint density at radius 1 is 0.818 bits per heavy atom. The third kappa shape index (κ3) is 12.9. The molecule has 1 fully saturated rings. The van der Waals surface area contributed by atoms with Gasteiger partial charge in [0, 0.05) is 19.6 Å². The van der Waals surface area contributed by atoms with E-state index < -0.39 is 41.0 Å². The maximum absolute atomic E-state index is 12.7. The van der Waals surface area contributed by atoms with E-state index in [-0.39, 0.29) is 13.0 Å². The molecule has 33 heavy (non-hydrogen) atoms. The van der Waals surface area contributed by atoms with Crippen molar-refractivity contribution in [1.82, 2.24) is 15.5 Å². The zero-order valence-electron chi connectivity index (χ0n) is 21.7. The number of ether oxygens (including phenoxy) is 3. The molecule has 1 saturated heterocycles. The highest BCUT2D eigenvalue weighted by Gasteiger charge is 2.29. The molecular formula is C23H42N4O6. The number of guanidine groups is 1. The van der Waals surface area contributed by atoms with E-state index >= 15 is 0 Å². The van der Waals surface area contributed by atoms with E-state index in [1.54, 1.807) is 62.3 Å². The number of rotatable bonds is 5. The van der Waals surface area contributed by atoms with Crippen LogP contribution in [0.3, 0.4) is 0 Å². The summed E-state index contributed by atoms with van der Waals surface area (Å²) in [4.78, 5) is 43.7. The molecule has 1 aliphatic rings. The van der Waals surface area contributed by atoms with Crippen LogP contribution in [0.4, 0.5) is 9.59 Å². The van der Waals surface area contributed by atoms with Crippen LogP contribution in [0, 0.1) is 0 Å². The highest BCUT2D eigenvalue weighted by atomic mass is 16.6. The van der Waals surface area contributed by atoms with Gasteiger partial charge in [0.05, 0.1) is 0 Å². The SMILES string of the molecule is CC(C)(C)OC(=O)NC(=NCC[C@H](NC(=O)OC(C)(C)C)C(=O)OC(C)(C)C)N1CCCC1. The van der Waals surface area contributed by atoms with Crippen molar-refractivity contribution in [2.45, 2.75) is 104 Å². The van der Waals surface area contributed by atoms with Gasteiger partial charge in [-0.25, -0.2) is 14.4 Å². The fourth-order valence-corrected chi connectivity index (χ4v) is 2.91. The topological polar surface area (TPSA) is 119 Å². The number of nitrogens with zero attached hydrogens (tertiary/aromatic N) is 2. The monoisotopic (exact) mass is 470 g/mol. The molecule has 0 aliphatic carbocycles. The number of nitrogens with one attached hydrogen (secondary N) is 2. The predicted molar refractivity (Wildman–Crippen MR) is 126 cm³/mol. The van der Waals surface area contributed by atoms with Crippen LogP contribution in [0.2, 0.25) is 0 Å². The van der Waals surface area contributed by atoms with Gasteiger partial charge in [-0.2, -0.15) is 0 Å². The van der Waals surface area contributed by atoms with Crippen LogP contribution in [-0.4, -0.2) is 71.5 Å². The van der Waals surface area contributed by atoms with Crippen molar-refractivity contribution in [2.75, 3.05) is 19.6 Å². The lowest BCUT2D eigenvalue weighted by molar-refractivity contribution is -0.157. The summed E-state index contributed by atoms with van der Waals surface area (Å²) in [5.74, 6) is -0.187. The summed E-state index contributed by atoms with van der Waals surface area (Å²) in [5.41, 5.74) is -2.06. The van der Waals surface area contributed by atoms with Gasteiger partial charge in [-0.15, -0.1) is 0 Å². The second-order valence-corrected chi connectivity index (χ2v) is 11.0. The summed E-state index contributed by atoms with van der Waals surface area (Å²) in [6, 6.07) is -0.954. The van der Waals surface area contributed by atoms with Gasteiger partial charge in [-0.05, 0) is 81.6 Å². The standard InChI is InChI=1S/C23H42N4O6/c1-21(2,3)31-17(28)16(25-19(29)32-22(4,5)6)12-13-24-18(27-14-10-11-15-27)26-20(30)33-23(7,8)9/h16H,10-15H2,1-9H3,(H,25,29)(H,24,26,30)/t16-/m0/s1. The molecule has 0 aromatic carbocycles. The Labute approximate surface area is 197 Å². The molecule has 10 nitrogen and oxygen atoms in total. The Balaban J connectivity index is 2.92. The Morgan fingerprint density at radius 3 is 1.79 bits per heavy atom. The molecule has 2 amide bonds. The van der Waals surface area contributed by atoms with Gasteiger partial charge in [0.1, 0.15) is 22.8 Å². The molecular weight excluding hydrogens is 428 g/mol. The summed E-state index contributed by atoms with van der Waals surface area (Å²) in [6.07, 6.45) is 0.852. The molecule has 0 bridgehead atoms. The number of carbonyl (C=O) groups excluding carboxylic acids is 3. The van der Waals surface area contributed by atoms with Gasteiger partial charge in [0.15, 0.2) is 0 Å². The maximum Gasteiger partial charge on any atom is 0.414 e. The van der Waals surface area contributed by atoms with Gasteiger partial charge in [-0.1, -0.05) is 0 Å².